The molecule has 0 spiro atoms. The molecule has 0 amide bonds. The van der Waals surface area contributed by atoms with Crippen LogP contribution in [0.3, 0.4) is 0 Å². The second-order valence-electron chi connectivity index (χ2n) is 6.74. The van der Waals surface area contributed by atoms with Crippen molar-refractivity contribution < 1.29 is 9.84 Å². The molecule has 1 atom stereocenters. The van der Waals surface area contributed by atoms with Crippen LogP contribution in [0.5, 0.6) is 5.75 Å². The van der Waals surface area contributed by atoms with Crippen molar-refractivity contribution in [3.63, 3.8) is 0 Å². The summed E-state index contributed by atoms with van der Waals surface area (Å²) in [5.41, 5.74) is 1.37. The van der Waals surface area contributed by atoms with Crippen LogP contribution in [-0.2, 0) is 6.42 Å². The predicted octanol–water partition coefficient (Wildman–Crippen LogP) is 2.82. The number of likely N-dealkylation sites (tertiary alicyclic amines) is 1. The quantitative estimate of drug-likeness (QED) is 0.904. The van der Waals surface area contributed by atoms with E-state index >= 15 is 0 Å². The minimum absolute atomic E-state index is 0.0663. The number of methoxy groups -OCH3 is 1. The number of aliphatic hydroxyl groups excluding tert-OH is 1. The van der Waals surface area contributed by atoms with E-state index < -0.39 is 0 Å². The first-order valence-electron chi connectivity index (χ1n) is 8.30. The van der Waals surface area contributed by atoms with E-state index in [1.165, 1.54) is 23.5 Å². The molecule has 1 aromatic rings. The number of piperidine rings is 1. The Hall–Kier alpha value is -0.710. The number of thioether (sulfide) groups is 1. The molecule has 3 nitrogen and oxygen atoms in total. The SMILES string of the molecule is COc1ccc(CC2(CO)CCN(C3CCSC3)CC2)cc1. The summed E-state index contributed by atoms with van der Waals surface area (Å²) >= 11 is 2.08. The molecule has 1 N–H and O–H groups in total. The van der Waals surface area contributed by atoms with Gasteiger partial charge in [-0.1, -0.05) is 12.1 Å². The van der Waals surface area contributed by atoms with Gasteiger partial charge in [0.1, 0.15) is 5.75 Å². The van der Waals surface area contributed by atoms with E-state index in [-0.39, 0.29) is 5.41 Å². The molecular formula is C18H27NO2S. The van der Waals surface area contributed by atoms with Crippen LogP contribution in [0.2, 0.25) is 0 Å². The number of hydrogen-bond acceptors (Lipinski definition) is 4. The van der Waals surface area contributed by atoms with Crippen molar-refractivity contribution in [2.24, 2.45) is 5.41 Å². The zero-order chi connectivity index (χ0) is 15.4. The highest BCUT2D eigenvalue weighted by atomic mass is 32.2. The predicted molar refractivity (Wildman–Crippen MR) is 92.8 cm³/mol. The lowest BCUT2D eigenvalue weighted by molar-refractivity contribution is 0.0314. The van der Waals surface area contributed by atoms with Gasteiger partial charge >= 0.3 is 0 Å². The molecule has 0 aromatic heterocycles. The molecule has 0 radical (unpaired) electrons. The Morgan fingerprint density at radius 1 is 1.27 bits per heavy atom. The molecule has 22 heavy (non-hydrogen) atoms. The van der Waals surface area contributed by atoms with Crippen molar-refractivity contribution >= 4 is 11.8 Å². The summed E-state index contributed by atoms with van der Waals surface area (Å²) < 4.78 is 5.22. The van der Waals surface area contributed by atoms with Crippen LogP contribution in [0, 0.1) is 5.41 Å². The maximum absolute atomic E-state index is 10.0. The fraction of sp³-hybridized carbons (Fsp3) is 0.667. The van der Waals surface area contributed by atoms with Crippen LogP contribution in [0.1, 0.15) is 24.8 Å². The average molecular weight is 321 g/mol. The Bertz CT molecular complexity index is 462. The monoisotopic (exact) mass is 321 g/mol. The van der Waals surface area contributed by atoms with E-state index in [9.17, 15) is 5.11 Å². The Labute approximate surface area is 138 Å². The molecule has 1 unspecified atom stereocenters. The van der Waals surface area contributed by atoms with Crippen LogP contribution in [0.15, 0.2) is 24.3 Å². The van der Waals surface area contributed by atoms with E-state index in [2.05, 4.69) is 28.8 Å². The molecule has 0 saturated carbocycles. The zero-order valence-electron chi connectivity index (χ0n) is 13.5. The number of nitrogens with zero attached hydrogens (tertiary/aromatic N) is 1. The van der Waals surface area contributed by atoms with Gasteiger partial charge in [-0.15, -0.1) is 0 Å². The Balaban J connectivity index is 1.60. The molecule has 1 aromatic carbocycles. The molecule has 2 aliphatic heterocycles. The minimum Gasteiger partial charge on any atom is -0.497 e. The summed E-state index contributed by atoms with van der Waals surface area (Å²) in [5.74, 6) is 3.51. The molecule has 2 fully saturated rings. The first-order valence-corrected chi connectivity index (χ1v) is 9.46. The summed E-state index contributed by atoms with van der Waals surface area (Å²) in [6.45, 7) is 2.58. The van der Waals surface area contributed by atoms with Crippen molar-refractivity contribution in [3.8, 4) is 5.75 Å². The van der Waals surface area contributed by atoms with Crippen molar-refractivity contribution in [2.75, 3.05) is 38.3 Å². The highest BCUT2D eigenvalue weighted by Crippen LogP contribution is 2.37. The van der Waals surface area contributed by atoms with Crippen LogP contribution < -0.4 is 4.74 Å². The van der Waals surface area contributed by atoms with E-state index in [0.717, 1.165) is 44.1 Å². The largest absolute Gasteiger partial charge is 0.497 e. The Morgan fingerprint density at radius 3 is 2.55 bits per heavy atom. The van der Waals surface area contributed by atoms with E-state index in [1.807, 2.05) is 12.1 Å². The molecular weight excluding hydrogens is 294 g/mol. The lowest BCUT2D eigenvalue weighted by Crippen LogP contribution is -2.47. The van der Waals surface area contributed by atoms with Gasteiger partial charge in [0.25, 0.3) is 0 Å². The van der Waals surface area contributed by atoms with Gasteiger partial charge in [0.2, 0.25) is 0 Å². The third kappa shape index (κ3) is 3.61. The number of benzene rings is 1. The maximum Gasteiger partial charge on any atom is 0.118 e. The van der Waals surface area contributed by atoms with Gasteiger partial charge in [0, 0.05) is 18.4 Å². The number of ether oxygens (including phenoxy) is 1. The summed E-state index contributed by atoms with van der Waals surface area (Å²) in [6, 6.07) is 9.09. The molecule has 2 aliphatic rings. The van der Waals surface area contributed by atoms with Crippen molar-refractivity contribution in [3.05, 3.63) is 29.8 Å². The maximum atomic E-state index is 10.0. The molecule has 0 aliphatic carbocycles. The molecule has 122 valence electrons. The number of rotatable bonds is 5. The molecule has 4 heteroatoms. The van der Waals surface area contributed by atoms with Crippen LogP contribution >= 0.6 is 11.8 Å². The topological polar surface area (TPSA) is 32.7 Å². The number of hydrogen-bond donors (Lipinski definition) is 1. The van der Waals surface area contributed by atoms with Gasteiger partial charge < -0.3 is 9.84 Å². The van der Waals surface area contributed by atoms with Crippen molar-refractivity contribution in [2.45, 2.75) is 31.7 Å². The van der Waals surface area contributed by atoms with E-state index in [1.54, 1.807) is 7.11 Å². The molecule has 0 bridgehead atoms. The fourth-order valence-corrected chi connectivity index (χ4v) is 5.00. The lowest BCUT2D eigenvalue weighted by Gasteiger charge is -2.43. The summed E-state index contributed by atoms with van der Waals surface area (Å²) in [7, 11) is 1.70. The second kappa shape index (κ2) is 7.24. The Kier molecular flexibility index (Phi) is 5.32. The van der Waals surface area contributed by atoms with Crippen molar-refractivity contribution in [1.82, 2.24) is 4.90 Å². The minimum atomic E-state index is 0.0663. The molecule has 3 rings (SSSR count). The fourth-order valence-electron chi connectivity index (χ4n) is 3.74. The molecule has 2 saturated heterocycles. The molecule has 2 heterocycles. The highest BCUT2D eigenvalue weighted by molar-refractivity contribution is 7.99. The Morgan fingerprint density at radius 2 is 2.00 bits per heavy atom. The van der Waals surface area contributed by atoms with Crippen LogP contribution in [-0.4, -0.2) is 54.4 Å². The van der Waals surface area contributed by atoms with Gasteiger partial charge in [-0.05, 0) is 67.6 Å². The summed E-state index contributed by atoms with van der Waals surface area (Å²) in [6.07, 6.45) is 4.53. The third-order valence-corrected chi connectivity index (χ3v) is 6.50. The van der Waals surface area contributed by atoms with Gasteiger partial charge in [0.05, 0.1) is 7.11 Å². The lowest BCUT2D eigenvalue weighted by atomic mass is 9.74. The number of aliphatic hydroxyl groups is 1. The standard InChI is InChI=1S/C18H27NO2S/c1-21-17-4-2-15(3-5-17)12-18(14-20)7-9-19(10-8-18)16-6-11-22-13-16/h2-5,16,20H,6-14H2,1H3. The average Bonchev–Trinajstić information content (AvgIpc) is 3.11. The smallest absolute Gasteiger partial charge is 0.118 e. The van der Waals surface area contributed by atoms with E-state index in [0.29, 0.717) is 6.61 Å². The second-order valence-corrected chi connectivity index (χ2v) is 7.89. The van der Waals surface area contributed by atoms with Crippen LogP contribution in [0.25, 0.3) is 0 Å². The first-order chi connectivity index (χ1) is 10.7. The van der Waals surface area contributed by atoms with Gasteiger partial charge in [-0.3, -0.25) is 4.90 Å². The van der Waals surface area contributed by atoms with Crippen molar-refractivity contribution in [1.29, 1.82) is 0 Å². The van der Waals surface area contributed by atoms with Gasteiger partial charge in [-0.2, -0.15) is 11.8 Å². The van der Waals surface area contributed by atoms with E-state index in [4.69, 9.17) is 4.74 Å². The van der Waals surface area contributed by atoms with Crippen LogP contribution in [0.4, 0.5) is 0 Å². The highest BCUT2D eigenvalue weighted by Gasteiger charge is 2.36. The first kappa shape index (κ1) is 16.2. The summed E-state index contributed by atoms with van der Waals surface area (Å²) in [4.78, 5) is 2.65. The normalized spacial score (nSPS) is 25.3. The third-order valence-electron chi connectivity index (χ3n) is 5.35. The van der Waals surface area contributed by atoms with Gasteiger partial charge in [-0.25, -0.2) is 0 Å². The van der Waals surface area contributed by atoms with Gasteiger partial charge in [0.15, 0.2) is 0 Å². The zero-order valence-corrected chi connectivity index (χ0v) is 14.3. The summed E-state index contributed by atoms with van der Waals surface area (Å²) in [5, 5.41) is 10.0.